The molecule has 8 nitrogen and oxygen atoms in total. The van der Waals surface area contributed by atoms with E-state index >= 15 is 0 Å². The van der Waals surface area contributed by atoms with Crippen molar-refractivity contribution in [2.45, 2.75) is 70.8 Å². The highest BCUT2D eigenvalue weighted by Crippen LogP contribution is 2.37. The third kappa shape index (κ3) is 5.04. The van der Waals surface area contributed by atoms with Crippen LogP contribution >= 0.6 is 11.3 Å². The second kappa shape index (κ2) is 10.8. The maximum Gasteiger partial charge on any atom is 0.309 e. The van der Waals surface area contributed by atoms with Gasteiger partial charge in [-0.1, -0.05) is 12.1 Å². The molecule has 2 aliphatic heterocycles. The van der Waals surface area contributed by atoms with Gasteiger partial charge in [-0.05, 0) is 91.8 Å². The van der Waals surface area contributed by atoms with E-state index in [0.717, 1.165) is 36.0 Å². The average molecular weight is 563 g/mol. The average Bonchev–Trinajstić information content (AvgIpc) is 3.42. The first-order valence-corrected chi connectivity index (χ1v) is 14.7. The van der Waals surface area contributed by atoms with Crippen molar-refractivity contribution in [1.29, 1.82) is 0 Å². The summed E-state index contributed by atoms with van der Waals surface area (Å²) >= 11 is 1.81. The highest BCUT2D eigenvalue weighted by atomic mass is 32.1. The number of cyclic esters (lactones) is 2. The molecule has 2 aliphatic rings. The van der Waals surface area contributed by atoms with E-state index in [-0.39, 0.29) is 19.4 Å². The normalized spacial score (nSPS) is 21.4. The number of aryl methyl sites for hydroxylation is 2. The minimum absolute atomic E-state index is 0.0613. The zero-order chi connectivity index (χ0) is 28.0. The lowest BCUT2D eigenvalue weighted by atomic mass is 9.86. The van der Waals surface area contributed by atoms with Gasteiger partial charge in [-0.25, -0.2) is 0 Å². The second-order valence-corrected chi connectivity index (χ2v) is 11.8. The lowest BCUT2D eigenvalue weighted by Gasteiger charge is -2.41. The summed E-state index contributed by atoms with van der Waals surface area (Å²) in [6, 6.07) is 15.2. The largest absolute Gasteiger partial charge is 0.490 e. The number of fused-ring (bicyclic) bond motifs is 2. The van der Waals surface area contributed by atoms with Gasteiger partial charge in [-0.3, -0.25) is 14.3 Å². The van der Waals surface area contributed by atoms with Crippen LogP contribution in [0.15, 0.2) is 47.8 Å². The molecule has 3 atom stereocenters. The number of piperidine rings is 1. The Balaban J connectivity index is 1.18. The zero-order valence-electron chi connectivity index (χ0n) is 23.0. The molecule has 2 aromatic carbocycles. The molecule has 6 rings (SSSR count). The van der Waals surface area contributed by atoms with Gasteiger partial charge in [0.15, 0.2) is 6.10 Å². The second-order valence-electron chi connectivity index (χ2n) is 10.9. The number of benzene rings is 2. The Morgan fingerprint density at radius 3 is 2.60 bits per heavy atom. The Morgan fingerprint density at radius 2 is 1.85 bits per heavy atom. The van der Waals surface area contributed by atoms with E-state index in [1.54, 1.807) is 0 Å². The van der Waals surface area contributed by atoms with Gasteiger partial charge in [0.2, 0.25) is 0 Å². The minimum atomic E-state index is -1.38. The predicted octanol–water partition coefficient (Wildman–Crippen LogP) is 5.32. The molecule has 2 aromatic heterocycles. The van der Waals surface area contributed by atoms with Crippen LogP contribution in [-0.2, 0) is 19.1 Å². The molecular formula is C31H34N2O6S. The Hall–Kier alpha value is -3.56. The van der Waals surface area contributed by atoms with Crippen LogP contribution in [0.25, 0.3) is 21.0 Å². The van der Waals surface area contributed by atoms with Crippen molar-refractivity contribution in [2.75, 3.05) is 18.2 Å². The Morgan fingerprint density at radius 1 is 1.07 bits per heavy atom. The van der Waals surface area contributed by atoms with Crippen LogP contribution in [0.4, 0.5) is 0 Å². The summed E-state index contributed by atoms with van der Waals surface area (Å²) in [5.41, 5.74) is 4.90. The molecular weight excluding hydrogens is 528 g/mol. The van der Waals surface area contributed by atoms with Crippen molar-refractivity contribution in [2.24, 2.45) is 0 Å². The molecule has 0 spiro atoms. The van der Waals surface area contributed by atoms with Gasteiger partial charge in [0.05, 0.1) is 18.4 Å². The quantitative estimate of drug-likeness (QED) is 0.318. The van der Waals surface area contributed by atoms with E-state index in [9.17, 15) is 14.7 Å². The van der Waals surface area contributed by atoms with Crippen LogP contribution in [0.5, 0.6) is 5.75 Å². The van der Waals surface area contributed by atoms with Crippen LogP contribution in [-0.4, -0.2) is 53.3 Å². The minimum Gasteiger partial charge on any atom is -0.490 e. The number of hydrogen-bond acceptors (Lipinski definition) is 8. The lowest BCUT2D eigenvalue weighted by Crippen LogP contribution is -2.47. The summed E-state index contributed by atoms with van der Waals surface area (Å²) in [4.78, 5) is 23.5. The highest BCUT2D eigenvalue weighted by Gasteiger charge is 2.32. The van der Waals surface area contributed by atoms with Crippen molar-refractivity contribution in [3.63, 3.8) is 0 Å². The number of thiophene rings is 1. The summed E-state index contributed by atoms with van der Waals surface area (Å²) in [5, 5.41) is 17.5. The van der Waals surface area contributed by atoms with Crippen molar-refractivity contribution in [3.05, 3.63) is 64.7 Å². The standard InChI is InChI=1S/C31H34N2O6S/c1-18-17-40-28-8-7-21(15-23(18)28)22-11-12-32(19(2)13-22)33-20(3)14-24-25(33)5-4-6-27(24)37-16-26(34)31-38-29(35)9-10-30(36)39-31/h4-8,14-15,17,19,22,26,31,34H,9-13,16H2,1-3H3/t19-,22-,26-/m0/s1. The molecule has 2 saturated heterocycles. The van der Waals surface area contributed by atoms with Gasteiger partial charge in [0.1, 0.15) is 12.4 Å². The molecule has 0 radical (unpaired) electrons. The molecule has 0 amide bonds. The molecule has 0 aliphatic carbocycles. The molecule has 4 heterocycles. The molecule has 40 heavy (non-hydrogen) atoms. The third-order valence-corrected chi connectivity index (χ3v) is 9.15. The molecule has 0 unspecified atom stereocenters. The number of hydrogen-bond donors (Lipinski definition) is 1. The maximum atomic E-state index is 11.8. The van der Waals surface area contributed by atoms with Crippen molar-refractivity contribution in [1.82, 2.24) is 4.68 Å². The van der Waals surface area contributed by atoms with E-state index in [1.807, 2.05) is 23.5 Å². The van der Waals surface area contributed by atoms with Crippen molar-refractivity contribution in [3.8, 4) is 5.75 Å². The fourth-order valence-electron chi connectivity index (χ4n) is 5.99. The number of aromatic nitrogens is 1. The van der Waals surface area contributed by atoms with Crippen LogP contribution in [0.1, 0.15) is 55.3 Å². The maximum absolute atomic E-state index is 11.8. The van der Waals surface area contributed by atoms with Gasteiger partial charge in [0, 0.05) is 28.4 Å². The number of esters is 2. The first-order valence-electron chi connectivity index (χ1n) is 13.8. The van der Waals surface area contributed by atoms with Gasteiger partial charge in [-0.2, -0.15) is 0 Å². The van der Waals surface area contributed by atoms with Crippen molar-refractivity contribution < 1.29 is 28.9 Å². The Kier molecular flexibility index (Phi) is 7.18. The summed E-state index contributed by atoms with van der Waals surface area (Å²) < 4.78 is 19.8. The molecule has 0 saturated carbocycles. The molecule has 4 aromatic rings. The van der Waals surface area contributed by atoms with E-state index in [1.165, 1.54) is 21.2 Å². The fraction of sp³-hybridized carbons (Fsp3) is 0.419. The van der Waals surface area contributed by atoms with E-state index in [2.05, 4.69) is 66.2 Å². The summed E-state index contributed by atoms with van der Waals surface area (Å²) in [6.07, 6.45) is -0.670. The summed E-state index contributed by atoms with van der Waals surface area (Å²) in [5.74, 6) is -0.0363. The molecule has 1 N–H and O–H groups in total. The smallest absolute Gasteiger partial charge is 0.309 e. The van der Waals surface area contributed by atoms with E-state index in [4.69, 9.17) is 14.2 Å². The SMILES string of the molecule is Cc1csc2ccc([C@H]3CCN(n4c(C)cc5c(OC[C@H](O)C6OC(=O)CCC(=O)O6)cccc54)[C@@H](C)C3)cc12. The molecule has 0 bridgehead atoms. The van der Waals surface area contributed by atoms with Crippen LogP contribution < -0.4 is 9.75 Å². The van der Waals surface area contributed by atoms with Crippen LogP contribution in [0.2, 0.25) is 0 Å². The number of aliphatic hydroxyl groups excluding tert-OH is 1. The first kappa shape index (κ1) is 26.7. The van der Waals surface area contributed by atoms with Gasteiger partial charge >= 0.3 is 11.9 Å². The number of carbonyl (C=O) groups is 2. The zero-order valence-corrected chi connectivity index (χ0v) is 23.8. The first-order chi connectivity index (χ1) is 19.3. The predicted molar refractivity (Wildman–Crippen MR) is 154 cm³/mol. The monoisotopic (exact) mass is 562 g/mol. The van der Waals surface area contributed by atoms with Gasteiger partial charge < -0.3 is 24.3 Å². The van der Waals surface area contributed by atoms with Gasteiger partial charge in [0.25, 0.3) is 6.29 Å². The molecule has 9 heteroatoms. The summed E-state index contributed by atoms with van der Waals surface area (Å²) in [6.45, 7) is 7.31. The fourth-order valence-corrected chi connectivity index (χ4v) is 6.92. The van der Waals surface area contributed by atoms with E-state index < -0.39 is 24.3 Å². The van der Waals surface area contributed by atoms with Crippen molar-refractivity contribution >= 4 is 44.3 Å². The van der Waals surface area contributed by atoms with Gasteiger partial charge in [-0.15, -0.1) is 11.3 Å². The third-order valence-electron chi connectivity index (χ3n) is 8.07. The Bertz CT molecular complexity index is 1560. The topological polar surface area (TPSA) is 90.2 Å². The lowest BCUT2D eigenvalue weighted by molar-refractivity contribution is -0.202. The number of ether oxygens (including phenoxy) is 3. The molecule has 210 valence electrons. The van der Waals surface area contributed by atoms with Crippen LogP contribution in [0, 0.1) is 13.8 Å². The van der Waals surface area contributed by atoms with E-state index in [0.29, 0.717) is 17.7 Å². The molecule has 2 fully saturated rings. The number of nitrogens with zero attached hydrogens (tertiary/aromatic N) is 2. The number of aliphatic hydroxyl groups is 1. The highest BCUT2D eigenvalue weighted by molar-refractivity contribution is 7.17. The van der Waals surface area contributed by atoms with Crippen LogP contribution in [0.3, 0.4) is 0 Å². The number of carbonyl (C=O) groups excluding carboxylic acids is 2. The summed E-state index contributed by atoms with van der Waals surface area (Å²) in [7, 11) is 0. The Labute approximate surface area is 237 Å². The number of rotatable bonds is 6.